The van der Waals surface area contributed by atoms with Crippen LogP contribution >= 0.6 is 0 Å². The Morgan fingerprint density at radius 3 is 2.81 bits per heavy atom. The fourth-order valence-electron chi connectivity index (χ4n) is 3.35. The lowest BCUT2D eigenvalue weighted by molar-refractivity contribution is -0.128. The van der Waals surface area contributed by atoms with Crippen LogP contribution in [0.2, 0.25) is 0 Å². The number of nitrogens with one attached hydrogen (secondary N) is 1. The van der Waals surface area contributed by atoms with Crippen molar-refractivity contribution in [2.45, 2.75) is 64.5 Å². The fraction of sp³-hybridized carbons (Fsp3) is 0.611. The van der Waals surface area contributed by atoms with E-state index in [1.54, 1.807) is 0 Å². The zero-order chi connectivity index (χ0) is 15.5. The summed E-state index contributed by atoms with van der Waals surface area (Å²) in [4.78, 5) is 12.5. The monoisotopic (exact) mass is 288 g/mol. The van der Waals surface area contributed by atoms with Gasteiger partial charge < -0.3 is 11.1 Å². The molecule has 2 rings (SSSR count). The van der Waals surface area contributed by atoms with Gasteiger partial charge in [-0.15, -0.1) is 0 Å². The summed E-state index contributed by atoms with van der Waals surface area (Å²) in [5.74, 6) is 0.0753. The first-order valence-electron chi connectivity index (χ1n) is 8.04. The Balaban J connectivity index is 1.94. The van der Waals surface area contributed by atoms with Gasteiger partial charge in [-0.3, -0.25) is 4.79 Å². The van der Waals surface area contributed by atoms with Crippen molar-refractivity contribution in [2.24, 2.45) is 11.7 Å². The molecular formula is C18H28N2O. The van der Waals surface area contributed by atoms with Crippen molar-refractivity contribution < 1.29 is 4.79 Å². The highest BCUT2D eigenvalue weighted by molar-refractivity contribution is 5.80. The van der Waals surface area contributed by atoms with E-state index in [0.29, 0.717) is 0 Å². The van der Waals surface area contributed by atoms with Crippen LogP contribution in [-0.2, 0) is 11.2 Å². The summed E-state index contributed by atoms with van der Waals surface area (Å²) in [6.45, 7) is 6.20. The molecule has 3 unspecified atom stereocenters. The minimum Gasteiger partial charge on any atom is -0.353 e. The Morgan fingerprint density at radius 1 is 1.43 bits per heavy atom. The Morgan fingerprint density at radius 2 is 2.14 bits per heavy atom. The number of aryl methyl sites for hydroxylation is 1. The SMILES string of the molecule is Cc1ccccc1CC(C)NC(=O)C1CCCCC1(C)N. The highest BCUT2D eigenvalue weighted by Crippen LogP contribution is 2.31. The first kappa shape index (κ1) is 16.0. The van der Waals surface area contributed by atoms with Crippen molar-refractivity contribution in [2.75, 3.05) is 0 Å². The maximum atomic E-state index is 12.5. The Hall–Kier alpha value is -1.35. The summed E-state index contributed by atoms with van der Waals surface area (Å²) in [5.41, 5.74) is 8.53. The van der Waals surface area contributed by atoms with E-state index in [2.05, 4.69) is 37.4 Å². The molecule has 1 aliphatic carbocycles. The molecule has 1 aliphatic rings. The second kappa shape index (κ2) is 6.61. The summed E-state index contributed by atoms with van der Waals surface area (Å²) in [6.07, 6.45) is 4.96. The van der Waals surface area contributed by atoms with E-state index in [-0.39, 0.29) is 23.4 Å². The molecule has 0 saturated heterocycles. The van der Waals surface area contributed by atoms with Crippen molar-refractivity contribution in [1.29, 1.82) is 0 Å². The first-order valence-corrected chi connectivity index (χ1v) is 8.04. The molecule has 21 heavy (non-hydrogen) atoms. The molecule has 1 amide bonds. The Kier molecular flexibility index (Phi) is 5.04. The lowest BCUT2D eigenvalue weighted by Gasteiger charge is -2.37. The Labute approximate surface area is 128 Å². The molecule has 1 saturated carbocycles. The van der Waals surface area contributed by atoms with Gasteiger partial charge in [0.25, 0.3) is 0 Å². The highest BCUT2D eigenvalue weighted by atomic mass is 16.2. The van der Waals surface area contributed by atoms with Gasteiger partial charge >= 0.3 is 0 Å². The molecule has 3 N–H and O–H groups in total. The average molecular weight is 288 g/mol. The number of rotatable bonds is 4. The van der Waals surface area contributed by atoms with Gasteiger partial charge in [-0.1, -0.05) is 37.1 Å². The van der Waals surface area contributed by atoms with Gasteiger partial charge in [0.2, 0.25) is 5.91 Å². The van der Waals surface area contributed by atoms with Crippen molar-refractivity contribution in [3.05, 3.63) is 35.4 Å². The molecule has 0 aromatic heterocycles. The molecule has 3 heteroatoms. The lowest BCUT2D eigenvalue weighted by atomic mass is 9.74. The van der Waals surface area contributed by atoms with Crippen LogP contribution < -0.4 is 11.1 Å². The minimum absolute atomic E-state index is 0.0504. The predicted molar refractivity (Wildman–Crippen MR) is 87.0 cm³/mol. The standard InChI is InChI=1S/C18H28N2O/c1-13-8-4-5-9-15(13)12-14(2)20-17(21)16-10-6-7-11-18(16,3)19/h4-5,8-9,14,16H,6-7,10-12,19H2,1-3H3,(H,20,21). The van der Waals surface area contributed by atoms with Gasteiger partial charge in [0, 0.05) is 11.6 Å². The summed E-state index contributed by atoms with van der Waals surface area (Å²) in [7, 11) is 0. The fourth-order valence-corrected chi connectivity index (χ4v) is 3.35. The van der Waals surface area contributed by atoms with Crippen LogP contribution in [0.1, 0.15) is 50.7 Å². The molecule has 0 spiro atoms. The zero-order valence-electron chi connectivity index (χ0n) is 13.5. The van der Waals surface area contributed by atoms with Crippen LogP contribution in [0.15, 0.2) is 24.3 Å². The van der Waals surface area contributed by atoms with Crippen molar-refractivity contribution in [1.82, 2.24) is 5.32 Å². The molecule has 0 radical (unpaired) electrons. The summed E-state index contributed by atoms with van der Waals surface area (Å²) < 4.78 is 0. The number of hydrogen-bond donors (Lipinski definition) is 2. The quantitative estimate of drug-likeness (QED) is 0.895. The van der Waals surface area contributed by atoms with E-state index >= 15 is 0 Å². The van der Waals surface area contributed by atoms with Crippen LogP contribution in [0, 0.1) is 12.8 Å². The van der Waals surface area contributed by atoms with E-state index in [1.807, 2.05) is 13.0 Å². The van der Waals surface area contributed by atoms with Crippen LogP contribution in [-0.4, -0.2) is 17.5 Å². The number of carbonyl (C=O) groups excluding carboxylic acids is 1. The number of carbonyl (C=O) groups is 1. The summed E-state index contributed by atoms with van der Waals surface area (Å²) >= 11 is 0. The molecule has 3 atom stereocenters. The van der Waals surface area contributed by atoms with E-state index in [1.165, 1.54) is 11.1 Å². The van der Waals surface area contributed by atoms with Crippen molar-refractivity contribution in [3.63, 3.8) is 0 Å². The largest absolute Gasteiger partial charge is 0.353 e. The third-order valence-corrected chi connectivity index (χ3v) is 4.75. The molecule has 0 heterocycles. The molecule has 1 aromatic rings. The maximum absolute atomic E-state index is 12.5. The van der Waals surface area contributed by atoms with Crippen molar-refractivity contribution in [3.8, 4) is 0 Å². The van der Waals surface area contributed by atoms with Gasteiger partial charge in [-0.2, -0.15) is 0 Å². The molecule has 116 valence electrons. The topological polar surface area (TPSA) is 55.1 Å². The van der Waals surface area contributed by atoms with Gasteiger partial charge in [-0.25, -0.2) is 0 Å². The van der Waals surface area contributed by atoms with Gasteiger partial charge in [0.05, 0.1) is 5.92 Å². The molecular weight excluding hydrogens is 260 g/mol. The third-order valence-electron chi connectivity index (χ3n) is 4.75. The molecule has 1 aromatic carbocycles. The minimum atomic E-state index is -0.356. The van der Waals surface area contributed by atoms with Crippen LogP contribution in [0.3, 0.4) is 0 Å². The summed E-state index contributed by atoms with van der Waals surface area (Å²) in [5, 5.41) is 3.16. The molecule has 1 fully saturated rings. The normalized spacial score (nSPS) is 27.1. The van der Waals surface area contributed by atoms with Crippen LogP contribution in [0.4, 0.5) is 0 Å². The van der Waals surface area contributed by atoms with E-state index in [4.69, 9.17) is 5.73 Å². The van der Waals surface area contributed by atoms with Crippen LogP contribution in [0.25, 0.3) is 0 Å². The third kappa shape index (κ3) is 4.07. The zero-order valence-corrected chi connectivity index (χ0v) is 13.5. The van der Waals surface area contributed by atoms with E-state index < -0.39 is 0 Å². The summed E-state index contributed by atoms with van der Waals surface area (Å²) in [6, 6.07) is 8.48. The molecule has 0 aliphatic heterocycles. The number of nitrogens with two attached hydrogens (primary N) is 1. The lowest BCUT2D eigenvalue weighted by Crippen LogP contribution is -2.54. The van der Waals surface area contributed by atoms with Crippen LogP contribution in [0.5, 0.6) is 0 Å². The number of hydrogen-bond acceptors (Lipinski definition) is 2. The smallest absolute Gasteiger partial charge is 0.225 e. The van der Waals surface area contributed by atoms with Gasteiger partial charge in [0.15, 0.2) is 0 Å². The van der Waals surface area contributed by atoms with Crippen molar-refractivity contribution >= 4 is 5.91 Å². The maximum Gasteiger partial charge on any atom is 0.225 e. The van der Waals surface area contributed by atoms with E-state index in [0.717, 1.165) is 32.1 Å². The predicted octanol–water partition coefficient (Wildman–Crippen LogP) is 2.95. The molecule has 0 bridgehead atoms. The molecule has 3 nitrogen and oxygen atoms in total. The van der Waals surface area contributed by atoms with Gasteiger partial charge in [-0.05, 0) is 51.2 Å². The second-order valence-electron chi connectivity index (χ2n) is 6.84. The Bertz CT molecular complexity index is 496. The average Bonchev–Trinajstić information content (AvgIpc) is 2.40. The second-order valence-corrected chi connectivity index (χ2v) is 6.84. The number of benzene rings is 1. The number of amides is 1. The van der Waals surface area contributed by atoms with Gasteiger partial charge in [0.1, 0.15) is 0 Å². The first-order chi connectivity index (χ1) is 9.90. The van der Waals surface area contributed by atoms with E-state index in [9.17, 15) is 4.79 Å². The highest BCUT2D eigenvalue weighted by Gasteiger charge is 2.37.